The highest BCUT2D eigenvalue weighted by molar-refractivity contribution is 7.92. The number of nitrogens with zero attached hydrogens (tertiary/aromatic N) is 3. The van der Waals surface area contributed by atoms with Crippen molar-refractivity contribution in [2.75, 3.05) is 4.72 Å². The Morgan fingerprint density at radius 3 is 2.58 bits per heavy atom. The Morgan fingerprint density at radius 1 is 1.04 bits per heavy atom. The maximum atomic E-state index is 12.7. The van der Waals surface area contributed by atoms with E-state index in [9.17, 15) is 8.42 Å². The zero-order valence-corrected chi connectivity index (χ0v) is 14.1. The summed E-state index contributed by atoms with van der Waals surface area (Å²) < 4.78 is 29.6. The third-order valence-corrected chi connectivity index (χ3v) is 5.09. The number of anilines is 1. The lowest BCUT2D eigenvalue weighted by atomic mass is 10.2. The highest BCUT2D eigenvalue weighted by atomic mass is 32.2. The minimum Gasteiger partial charge on any atom is -0.264 e. The largest absolute Gasteiger partial charge is 0.264 e. The summed E-state index contributed by atoms with van der Waals surface area (Å²) in [6.07, 6.45) is 3.90. The van der Waals surface area contributed by atoms with Crippen LogP contribution in [0.15, 0.2) is 65.8 Å². The quantitative estimate of drug-likeness (QED) is 0.747. The number of nitrogens with one attached hydrogen (secondary N) is 1. The van der Waals surface area contributed by atoms with Gasteiger partial charge in [0.15, 0.2) is 0 Å². The van der Waals surface area contributed by atoms with Crippen molar-refractivity contribution in [1.29, 1.82) is 0 Å². The van der Waals surface area contributed by atoms with Crippen LogP contribution in [0, 0.1) is 0 Å². The van der Waals surface area contributed by atoms with Crippen LogP contribution in [-0.4, -0.2) is 23.2 Å². The minimum atomic E-state index is -3.67. The average Bonchev–Trinajstić information content (AvgIpc) is 3.02. The molecule has 0 radical (unpaired) electrons. The maximum Gasteiger partial charge on any atom is 0.263 e. The van der Waals surface area contributed by atoms with Gasteiger partial charge in [-0.2, -0.15) is 5.10 Å². The first kappa shape index (κ1) is 16.2. The highest BCUT2D eigenvalue weighted by Crippen LogP contribution is 2.20. The molecule has 2 heterocycles. The van der Waals surface area contributed by atoms with Crippen molar-refractivity contribution in [3.63, 3.8) is 0 Å². The Morgan fingerprint density at radius 2 is 1.83 bits per heavy atom. The van der Waals surface area contributed by atoms with E-state index in [-0.39, 0.29) is 4.90 Å². The minimum absolute atomic E-state index is 0.290. The first-order chi connectivity index (χ1) is 11.6. The maximum absolute atomic E-state index is 12.7. The van der Waals surface area contributed by atoms with Crippen LogP contribution in [0.4, 0.5) is 5.82 Å². The molecule has 0 saturated carbocycles. The van der Waals surface area contributed by atoms with Crippen LogP contribution in [0.1, 0.15) is 18.2 Å². The first-order valence-electron chi connectivity index (χ1n) is 7.62. The SMILES string of the molecule is CCc1ccccc1S(=O)(=O)Nc1ccnn1Cc1ccccn1. The van der Waals surface area contributed by atoms with Crippen molar-refractivity contribution in [3.05, 3.63) is 72.2 Å². The van der Waals surface area contributed by atoms with E-state index < -0.39 is 10.0 Å². The van der Waals surface area contributed by atoms with Crippen LogP contribution in [0.5, 0.6) is 0 Å². The molecule has 1 aromatic carbocycles. The molecule has 0 amide bonds. The molecule has 3 aromatic rings. The van der Waals surface area contributed by atoms with Crippen LogP contribution in [-0.2, 0) is 23.0 Å². The molecule has 0 aliphatic heterocycles. The zero-order valence-electron chi connectivity index (χ0n) is 13.3. The number of rotatable bonds is 6. The van der Waals surface area contributed by atoms with Gasteiger partial charge in [0.1, 0.15) is 5.82 Å². The smallest absolute Gasteiger partial charge is 0.263 e. The molecule has 0 unspecified atom stereocenters. The number of benzene rings is 1. The molecule has 0 aliphatic carbocycles. The molecular weight excluding hydrogens is 324 g/mol. The molecule has 0 atom stereocenters. The second-order valence-electron chi connectivity index (χ2n) is 5.26. The van der Waals surface area contributed by atoms with Crippen molar-refractivity contribution in [2.45, 2.75) is 24.8 Å². The molecule has 7 heteroatoms. The number of hydrogen-bond acceptors (Lipinski definition) is 4. The molecule has 6 nitrogen and oxygen atoms in total. The van der Waals surface area contributed by atoms with Crippen molar-refractivity contribution in [3.8, 4) is 0 Å². The molecule has 2 aromatic heterocycles. The number of aromatic nitrogens is 3. The number of aryl methyl sites for hydroxylation is 1. The van der Waals surface area contributed by atoms with Gasteiger partial charge in [-0.15, -0.1) is 0 Å². The Hall–Kier alpha value is -2.67. The molecule has 0 spiro atoms. The first-order valence-corrected chi connectivity index (χ1v) is 9.11. The van der Waals surface area contributed by atoms with Crippen molar-refractivity contribution in [1.82, 2.24) is 14.8 Å². The predicted molar refractivity (Wildman–Crippen MR) is 92.2 cm³/mol. The summed E-state index contributed by atoms with van der Waals surface area (Å²) >= 11 is 0. The van der Waals surface area contributed by atoms with Crippen molar-refractivity contribution < 1.29 is 8.42 Å². The normalized spacial score (nSPS) is 11.4. The van der Waals surface area contributed by atoms with E-state index in [0.717, 1.165) is 11.3 Å². The molecular formula is C17H18N4O2S. The summed E-state index contributed by atoms with van der Waals surface area (Å²) in [6, 6.07) is 14.2. The van der Waals surface area contributed by atoms with Gasteiger partial charge in [-0.3, -0.25) is 9.71 Å². The molecule has 0 bridgehead atoms. The lowest BCUT2D eigenvalue weighted by Gasteiger charge is -2.12. The second-order valence-corrected chi connectivity index (χ2v) is 6.91. The summed E-state index contributed by atoms with van der Waals surface area (Å²) in [5.41, 5.74) is 1.58. The summed E-state index contributed by atoms with van der Waals surface area (Å²) in [4.78, 5) is 4.53. The fourth-order valence-electron chi connectivity index (χ4n) is 2.44. The Labute approximate surface area is 141 Å². The summed E-state index contributed by atoms with van der Waals surface area (Å²) in [5, 5.41) is 4.18. The Balaban J connectivity index is 1.88. The van der Waals surface area contributed by atoms with Crippen LogP contribution in [0.2, 0.25) is 0 Å². The van der Waals surface area contributed by atoms with Crippen LogP contribution >= 0.6 is 0 Å². The average molecular weight is 342 g/mol. The van der Waals surface area contributed by atoms with Gasteiger partial charge in [0.25, 0.3) is 10.0 Å². The Bertz CT molecular complexity index is 921. The highest BCUT2D eigenvalue weighted by Gasteiger charge is 2.19. The van der Waals surface area contributed by atoms with Gasteiger partial charge in [-0.05, 0) is 30.2 Å². The van der Waals surface area contributed by atoms with Crippen LogP contribution < -0.4 is 4.72 Å². The number of pyridine rings is 1. The fraction of sp³-hybridized carbons (Fsp3) is 0.176. The van der Waals surface area contributed by atoms with E-state index in [1.54, 1.807) is 35.3 Å². The van der Waals surface area contributed by atoms with Crippen molar-refractivity contribution in [2.24, 2.45) is 0 Å². The van der Waals surface area contributed by atoms with Gasteiger partial charge in [-0.25, -0.2) is 13.1 Å². The zero-order chi connectivity index (χ0) is 17.0. The second kappa shape index (κ2) is 6.84. The summed E-state index contributed by atoms with van der Waals surface area (Å²) in [5.74, 6) is 0.409. The molecule has 3 rings (SSSR count). The topological polar surface area (TPSA) is 76.9 Å². The van der Waals surface area contributed by atoms with E-state index >= 15 is 0 Å². The van der Waals surface area contributed by atoms with Gasteiger partial charge in [0, 0.05) is 12.3 Å². The van der Waals surface area contributed by atoms with E-state index in [4.69, 9.17) is 0 Å². The molecule has 124 valence electrons. The van der Waals surface area contributed by atoms with Gasteiger partial charge in [0.05, 0.1) is 23.3 Å². The molecule has 24 heavy (non-hydrogen) atoms. The van der Waals surface area contributed by atoms with Crippen molar-refractivity contribution >= 4 is 15.8 Å². The third-order valence-electron chi connectivity index (χ3n) is 3.64. The fourth-order valence-corrected chi connectivity index (χ4v) is 3.82. The number of hydrogen-bond donors (Lipinski definition) is 1. The van der Waals surface area contributed by atoms with E-state index in [1.165, 1.54) is 0 Å². The van der Waals surface area contributed by atoms with Crippen LogP contribution in [0.3, 0.4) is 0 Å². The summed E-state index contributed by atoms with van der Waals surface area (Å²) in [6.45, 7) is 2.32. The molecule has 0 fully saturated rings. The van der Waals surface area contributed by atoms with Gasteiger partial charge in [-0.1, -0.05) is 31.2 Å². The molecule has 0 saturated heterocycles. The molecule has 0 aliphatic rings. The number of sulfonamides is 1. The molecule has 1 N–H and O–H groups in total. The summed E-state index contributed by atoms with van der Waals surface area (Å²) in [7, 11) is -3.67. The lowest BCUT2D eigenvalue weighted by molar-refractivity contribution is 0.598. The van der Waals surface area contributed by atoms with Gasteiger partial charge >= 0.3 is 0 Å². The Kier molecular flexibility index (Phi) is 4.61. The van der Waals surface area contributed by atoms with E-state index in [2.05, 4.69) is 14.8 Å². The monoisotopic (exact) mass is 342 g/mol. The van der Waals surface area contributed by atoms with Gasteiger partial charge < -0.3 is 0 Å². The van der Waals surface area contributed by atoms with Gasteiger partial charge in [0.2, 0.25) is 0 Å². The van der Waals surface area contributed by atoms with Crippen LogP contribution in [0.25, 0.3) is 0 Å². The third kappa shape index (κ3) is 3.46. The lowest BCUT2D eigenvalue weighted by Crippen LogP contribution is -2.18. The van der Waals surface area contributed by atoms with E-state index in [0.29, 0.717) is 18.8 Å². The predicted octanol–water partition coefficient (Wildman–Crippen LogP) is 2.69. The standard InChI is InChI=1S/C17H18N4O2S/c1-2-14-7-3-4-9-16(14)24(22,23)20-17-10-12-19-21(17)13-15-8-5-6-11-18-15/h3-12,20H,2,13H2,1H3. The van der Waals surface area contributed by atoms with E-state index in [1.807, 2.05) is 37.3 Å².